The van der Waals surface area contributed by atoms with Crippen LogP contribution in [0.4, 0.5) is 0 Å². The number of nitrogens with zero attached hydrogens (tertiary/aromatic N) is 2. The molecule has 24 heavy (non-hydrogen) atoms. The Kier molecular flexibility index (Phi) is 4.76. The lowest BCUT2D eigenvalue weighted by Gasteiger charge is -2.14. The first-order valence-corrected chi connectivity index (χ1v) is 9.53. The largest absolute Gasteiger partial charge is 0.349 e. The molecule has 1 N–H and O–H groups in total. The number of carbonyl (C=O) groups is 1. The van der Waals surface area contributed by atoms with Crippen LogP contribution in [0.2, 0.25) is 0 Å². The Labute approximate surface area is 146 Å². The highest BCUT2D eigenvalue weighted by Crippen LogP contribution is 2.28. The fourth-order valence-corrected chi connectivity index (χ4v) is 4.33. The topological polar surface area (TPSA) is 64.0 Å². The van der Waals surface area contributed by atoms with Gasteiger partial charge in [0.25, 0.3) is 11.5 Å². The number of thiophene rings is 1. The zero-order chi connectivity index (χ0) is 17.4. The van der Waals surface area contributed by atoms with Crippen LogP contribution in [-0.4, -0.2) is 21.5 Å². The Bertz CT molecular complexity index is 835. The number of hydrogen-bond acceptors (Lipinski definition) is 4. The van der Waals surface area contributed by atoms with Crippen molar-refractivity contribution in [3.05, 3.63) is 26.6 Å². The van der Waals surface area contributed by atoms with E-state index in [1.807, 2.05) is 13.8 Å². The number of aromatic nitrogens is 2. The lowest BCUT2D eigenvalue weighted by Crippen LogP contribution is -2.32. The molecule has 0 unspecified atom stereocenters. The van der Waals surface area contributed by atoms with E-state index in [1.165, 1.54) is 11.3 Å². The lowest BCUT2D eigenvalue weighted by atomic mass is 10.0. The van der Waals surface area contributed by atoms with Crippen molar-refractivity contribution >= 4 is 27.5 Å². The van der Waals surface area contributed by atoms with Gasteiger partial charge in [-0.15, -0.1) is 11.3 Å². The Balaban J connectivity index is 1.88. The second-order valence-corrected chi connectivity index (χ2v) is 8.17. The van der Waals surface area contributed by atoms with Crippen molar-refractivity contribution in [2.75, 3.05) is 0 Å². The van der Waals surface area contributed by atoms with Gasteiger partial charge < -0.3 is 5.32 Å². The summed E-state index contributed by atoms with van der Waals surface area (Å²) in [5.74, 6) is 1.39. The van der Waals surface area contributed by atoms with Crippen molar-refractivity contribution < 1.29 is 4.79 Å². The van der Waals surface area contributed by atoms with Crippen molar-refractivity contribution in [2.45, 2.75) is 66.0 Å². The molecule has 1 aliphatic heterocycles. The summed E-state index contributed by atoms with van der Waals surface area (Å²) < 4.78 is 1.76. The predicted molar refractivity (Wildman–Crippen MR) is 97.9 cm³/mol. The summed E-state index contributed by atoms with van der Waals surface area (Å²) in [7, 11) is 0. The molecule has 0 fully saturated rings. The highest BCUT2D eigenvalue weighted by atomic mass is 32.1. The maximum Gasteiger partial charge on any atom is 0.262 e. The van der Waals surface area contributed by atoms with Crippen molar-refractivity contribution in [3.8, 4) is 0 Å². The molecule has 0 radical (unpaired) electrons. The van der Waals surface area contributed by atoms with E-state index in [2.05, 4.69) is 24.1 Å². The number of hydrogen-bond donors (Lipinski definition) is 1. The van der Waals surface area contributed by atoms with E-state index in [-0.39, 0.29) is 17.5 Å². The van der Waals surface area contributed by atoms with Crippen LogP contribution in [0.25, 0.3) is 10.2 Å². The maximum absolute atomic E-state index is 12.7. The molecule has 1 atom stereocenters. The standard InChI is InChI=1S/C18H25N3O2S/c1-10(2)7-8-11(3)19-16(22)15-12(4)14-17(24-15)20-13-6-5-9-21(13)18(14)23/h10-11H,5-9H2,1-4H3,(H,19,22)/t11-/m0/s1. The van der Waals surface area contributed by atoms with E-state index >= 15 is 0 Å². The van der Waals surface area contributed by atoms with Crippen molar-refractivity contribution in [1.82, 2.24) is 14.9 Å². The van der Waals surface area contributed by atoms with Gasteiger partial charge in [-0.25, -0.2) is 4.98 Å². The molecule has 0 aliphatic carbocycles. The molecule has 2 aromatic rings. The third kappa shape index (κ3) is 3.11. The minimum Gasteiger partial charge on any atom is -0.349 e. The van der Waals surface area contributed by atoms with Gasteiger partial charge in [-0.3, -0.25) is 14.2 Å². The number of carbonyl (C=O) groups excluding carboxylic acids is 1. The van der Waals surface area contributed by atoms with Crippen LogP contribution < -0.4 is 10.9 Å². The van der Waals surface area contributed by atoms with Crippen LogP contribution in [0.5, 0.6) is 0 Å². The Morgan fingerprint density at radius 1 is 1.33 bits per heavy atom. The van der Waals surface area contributed by atoms with Gasteiger partial charge in [0.05, 0.1) is 10.3 Å². The highest BCUT2D eigenvalue weighted by Gasteiger charge is 2.23. The quantitative estimate of drug-likeness (QED) is 0.903. The molecule has 5 nitrogen and oxygen atoms in total. The smallest absolute Gasteiger partial charge is 0.262 e. The molecule has 1 aliphatic rings. The van der Waals surface area contributed by atoms with Gasteiger partial charge in [0.15, 0.2) is 0 Å². The summed E-state index contributed by atoms with van der Waals surface area (Å²) in [5.41, 5.74) is 0.774. The molecule has 0 saturated carbocycles. The fraction of sp³-hybridized carbons (Fsp3) is 0.611. The third-order valence-electron chi connectivity index (χ3n) is 4.67. The molecule has 0 bridgehead atoms. The van der Waals surface area contributed by atoms with Crippen LogP contribution in [0, 0.1) is 12.8 Å². The van der Waals surface area contributed by atoms with Crippen molar-refractivity contribution in [1.29, 1.82) is 0 Å². The van der Waals surface area contributed by atoms with Gasteiger partial charge >= 0.3 is 0 Å². The summed E-state index contributed by atoms with van der Waals surface area (Å²) in [6, 6.07) is 0.128. The summed E-state index contributed by atoms with van der Waals surface area (Å²) in [6.07, 6.45) is 3.86. The van der Waals surface area contributed by atoms with E-state index in [4.69, 9.17) is 0 Å². The lowest BCUT2D eigenvalue weighted by molar-refractivity contribution is 0.0941. The average Bonchev–Trinajstić information content (AvgIpc) is 3.10. The van der Waals surface area contributed by atoms with E-state index in [1.54, 1.807) is 4.57 Å². The highest BCUT2D eigenvalue weighted by molar-refractivity contribution is 7.20. The monoisotopic (exact) mass is 347 g/mol. The zero-order valence-corrected chi connectivity index (χ0v) is 15.6. The van der Waals surface area contributed by atoms with Gasteiger partial charge in [0.1, 0.15) is 10.7 Å². The molecule has 130 valence electrons. The first kappa shape index (κ1) is 17.1. The molecular formula is C18H25N3O2S. The molecule has 6 heteroatoms. The summed E-state index contributed by atoms with van der Waals surface area (Å²) in [5, 5.41) is 3.68. The van der Waals surface area contributed by atoms with Crippen LogP contribution in [0.3, 0.4) is 0 Å². The predicted octanol–water partition coefficient (Wildman–Crippen LogP) is 3.27. The molecular weight excluding hydrogens is 322 g/mol. The molecule has 1 amide bonds. The van der Waals surface area contributed by atoms with E-state index in [9.17, 15) is 9.59 Å². The Morgan fingerprint density at radius 3 is 2.79 bits per heavy atom. The SMILES string of the molecule is Cc1c(C(=O)N[C@@H](C)CCC(C)C)sc2nc3n(c(=O)c12)CCC3. The fourth-order valence-electron chi connectivity index (χ4n) is 3.24. The average molecular weight is 347 g/mol. The molecule has 0 aromatic carbocycles. The summed E-state index contributed by atoms with van der Waals surface area (Å²) in [4.78, 5) is 31.2. The molecule has 2 aromatic heterocycles. The number of rotatable bonds is 5. The molecule has 3 heterocycles. The van der Waals surface area contributed by atoms with Gasteiger partial charge in [-0.1, -0.05) is 13.8 Å². The minimum absolute atomic E-state index is 0.00755. The minimum atomic E-state index is -0.0867. The molecule has 0 spiro atoms. The van der Waals surface area contributed by atoms with Gasteiger partial charge in [0.2, 0.25) is 0 Å². The van der Waals surface area contributed by atoms with Crippen molar-refractivity contribution in [2.24, 2.45) is 5.92 Å². The molecule has 0 saturated heterocycles. The Hall–Kier alpha value is -1.69. The van der Waals surface area contributed by atoms with Crippen LogP contribution in [0.15, 0.2) is 4.79 Å². The van der Waals surface area contributed by atoms with Gasteiger partial charge in [-0.2, -0.15) is 0 Å². The van der Waals surface area contributed by atoms with Gasteiger partial charge in [-0.05, 0) is 44.6 Å². The maximum atomic E-state index is 12.7. The second-order valence-electron chi connectivity index (χ2n) is 7.17. The number of nitrogens with one attached hydrogen (secondary N) is 1. The van der Waals surface area contributed by atoms with Gasteiger partial charge in [0, 0.05) is 19.0 Å². The van der Waals surface area contributed by atoms with E-state index in [0.717, 1.165) is 43.6 Å². The number of amides is 1. The van der Waals surface area contributed by atoms with Crippen LogP contribution in [-0.2, 0) is 13.0 Å². The second kappa shape index (κ2) is 6.67. The Morgan fingerprint density at radius 2 is 2.08 bits per heavy atom. The third-order valence-corrected chi connectivity index (χ3v) is 5.86. The van der Waals surface area contributed by atoms with E-state index < -0.39 is 0 Å². The first-order chi connectivity index (χ1) is 11.4. The van der Waals surface area contributed by atoms with Crippen molar-refractivity contribution in [3.63, 3.8) is 0 Å². The van der Waals surface area contributed by atoms with E-state index in [0.29, 0.717) is 21.0 Å². The summed E-state index contributed by atoms with van der Waals surface area (Å²) >= 11 is 1.34. The van der Waals surface area contributed by atoms with Crippen LogP contribution in [0.1, 0.15) is 61.1 Å². The normalized spacial score (nSPS) is 15.0. The number of aryl methyl sites for hydroxylation is 2. The zero-order valence-electron chi connectivity index (χ0n) is 14.8. The number of fused-ring (bicyclic) bond motifs is 2. The molecule has 3 rings (SSSR count). The first-order valence-electron chi connectivity index (χ1n) is 8.72. The summed E-state index contributed by atoms with van der Waals surface area (Å²) in [6.45, 7) is 8.99. The van der Waals surface area contributed by atoms with Crippen LogP contribution >= 0.6 is 11.3 Å².